The maximum atomic E-state index is 12.3. The molecule has 1 atom stereocenters. The van der Waals surface area contributed by atoms with Crippen molar-refractivity contribution in [1.82, 2.24) is 5.32 Å². The molecule has 0 heterocycles. The predicted octanol–water partition coefficient (Wildman–Crippen LogP) is 3.57. The molecule has 24 heavy (non-hydrogen) atoms. The quantitative estimate of drug-likeness (QED) is 0.476. The molecule has 0 bridgehead atoms. The van der Waals surface area contributed by atoms with E-state index in [0.717, 1.165) is 7.11 Å². The molecule has 1 N–H and O–H groups in total. The number of hydrogen-bond donors (Lipinski definition) is 1. The van der Waals surface area contributed by atoms with Gasteiger partial charge in [0, 0.05) is 0 Å². The number of carbonyl (C=O) groups is 2. The summed E-state index contributed by atoms with van der Waals surface area (Å²) >= 11 is 6.65. The number of alkyl carbamates (subject to hydrolysis) is 1. The van der Waals surface area contributed by atoms with Crippen LogP contribution in [0.4, 0.5) is 4.79 Å². The molecule has 8 nitrogen and oxygen atoms in total. The number of carbonyl (C=O) groups excluding carboxylic acids is 2. The van der Waals surface area contributed by atoms with Gasteiger partial charge in [0.05, 0.1) is 0 Å². The topological polar surface area (TPSA) is 92.3 Å². The van der Waals surface area contributed by atoms with Gasteiger partial charge in [0.15, 0.2) is 0 Å². The Balaban J connectivity index is 5.86. The fourth-order valence-electron chi connectivity index (χ4n) is 1.88. The molecule has 0 aromatic heterocycles. The molecule has 1 unspecified atom stereocenters. The van der Waals surface area contributed by atoms with Gasteiger partial charge in [0.2, 0.25) is 0 Å². The monoisotopic (exact) mass is 389 g/mol. The van der Waals surface area contributed by atoms with Gasteiger partial charge in [-0.1, -0.05) is 0 Å². The molecule has 144 valence electrons. The molecule has 0 rings (SSSR count). The van der Waals surface area contributed by atoms with Gasteiger partial charge >= 0.3 is 148 Å². The molecule has 0 aliphatic rings. The van der Waals surface area contributed by atoms with E-state index in [2.05, 4.69) is 5.32 Å². The first-order valence-corrected chi connectivity index (χ1v) is 10.7. The van der Waals surface area contributed by atoms with Crippen LogP contribution in [0.1, 0.15) is 41.5 Å². The fourth-order valence-corrected chi connectivity index (χ4v) is 5.95. The summed E-state index contributed by atoms with van der Waals surface area (Å²) in [5.74, 6) is -2.36. The van der Waals surface area contributed by atoms with Crippen molar-refractivity contribution >= 4 is 29.9 Å². The van der Waals surface area contributed by atoms with Crippen LogP contribution >= 0.6 is 17.9 Å². The minimum absolute atomic E-state index is 0.102. The van der Waals surface area contributed by atoms with Crippen LogP contribution in [0.2, 0.25) is 0 Å². The number of ether oxygens (including phenoxy) is 2. The summed E-state index contributed by atoms with van der Waals surface area (Å²) in [4.78, 5) is 24.5. The Morgan fingerprint density at radius 1 is 1.04 bits per heavy atom. The Bertz CT molecular complexity index is 422. The second-order valence-corrected chi connectivity index (χ2v) is 10.5. The van der Waals surface area contributed by atoms with Crippen LogP contribution in [-0.2, 0) is 27.8 Å². The summed E-state index contributed by atoms with van der Waals surface area (Å²) in [7, 11) is 1.16. The first-order chi connectivity index (χ1) is 11.0. The summed E-state index contributed by atoms with van der Waals surface area (Å²) in [6, 6.07) is 0. The van der Waals surface area contributed by atoms with Gasteiger partial charge in [-0.2, -0.15) is 0 Å². The molecule has 10 heteroatoms. The fraction of sp³-hybridized carbons (Fsp3) is 0.857. The standard InChI is InChI=1S/C14H29ClNO7P/c1-8-20-24(15,21-9-2,22-10-3)11(12(17)19-7)16-13(18)23-14(4,5)6/h11H,8-10H2,1-7H3,(H,16,18). The summed E-state index contributed by atoms with van der Waals surface area (Å²) in [6.45, 7) is 5.82. The average Bonchev–Trinajstić information content (AvgIpc) is 2.43. The second kappa shape index (κ2) is 9.15. The molecule has 0 aromatic rings. The summed E-state index contributed by atoms with van der Waals surface area (Å²) in [5, 5.41) is 2.38. The van der Waals surface area contributed by atoms with Crippen molar-refractivity contribution in [2.75, 3.05) is 26.9 Å². The SMILES string of the molecule is CCOP(Cl)(OCC)(OCC)C(NC(=O)OC(C)(C)C)C(=O)OC. The Morgan fingerprint density at radius 2 is 1.46 bits per heavy atom. The first-order valence-electron chi connectivity index (χ1n) is 7.72. The molecule has 1 amide bonds. The van der Waals surface area contributed by atoms with E-state index < -0.39 is 30.1 Å². The molecule has 0 aromatic carbocycles. The summed E-state index contributed by atoms with van der Waals surface area (Å²) < 4.78 is 26.7. The van der Waals surface area contributed by atoms with E-state index >= 15 is 0 Å². The zero-order valence-electron chi connectivity index (χ0n) is 15.4. The van der Waals surface area contributed by atoms with Crippen molar-refractivity contribution in [2.45, 2.75) is 52.9 Å². The number of rotatable bonds is 9. The third-order valence-electron chi connectivity index (χ3n) is 2.57. The van der Waals surface area contributed by atoms with Crippen LogP contribution in [0, 0.1) is 0 Å². The van der Waals surface area contributed by atoms with Gasteiger partial charge in [-0.25, -0.2) is 0 Å². The van der Waals surface area contributed by atoms with E-state index in [4.69, 9.17) is 34.3 Å². The number of amides is 1. The van der Waals surface area contributed by atoms with Crippen LogP contribution < -0.4 is 5.32 Å². The molecule has 0 aliphatic heterocycles. The molecule has 0 fully saturated rings. The molecular weight excluding hydrogens is 361 g/mol. The van der Waals surface area contributed by atoms with Crippen LogP contribution in [0.3, 0.4) is 0 Å². The van der Waals surface area contributed by atoms with Crippen molar-refractivity contribution in [2.24, 2.45) is 0 Å². The van der Waals surface area contributed by atoms with Gasteiger partial charge in [0.25, 0.3) is 0 Å². The van der Waals surface area contributed by atoms with E-state index in [1.807, 2.05) is 0 Å². The molecule has 0 saturated carbocycles. The first kappa shape index (κ1) is 23.3. The van der Waals surface area contributed by atoms with Gasteiger partial charge in [-0.05, 0) is 0 Å². The van der Waals surface area contributed by atoms with Crippen LogP contribution in [0.15, 0.2) is 0 Å². The van der Waals surface area contributed by atoms with Crippen molar-refractivity contribution in [3.63, 3.8) is 0 Å². The Labute approximate surface area is 148 Å². The minimum atomic E-state index is -4.56. The number of halogens is 1. The summed E-state index contributed by atoms with van der Waals surface area (Å²) in [5.41, 5.74) is -0.768. The van der Waals surface area contributed by atoms with Crippen molar-refractivity contribution in [1.29, 1.82) is 0 Å². The Hall–Kier alpha value is -0.660. The van der Waals surface area contributed by atoms with Crippen LogP contribution in [0.5, 0.6) is 0 Å². The van der Waals surface area contributed by atoms with Crippen molar-refractivity contribution in [3.05, 3.63) is 0 Å². The maximum absolute atomic E-state index is 12.3. The van der Waals surface area contributed by atoms with Gasteiger partial charge in [-0.15, -0.1) is 0 Å². The third-order valence-corrected chi connectivity index (χ3v) is 7.34. The number of hydrogen-bond acceptors (Lipinski definition) is 7. The van der Waals surface area contributed by atoms with E-state index in [0.29, 0.717) is 0 Å². The van der Waals surface area contributed by atoms with Crippen molar-refractivity contribution in [3.8, 4) is 0 Å². The molecule has 0 radical (unpaired) electrons. The average molecular weight is 390 g/mol. The zero-order chi connectivity index (χ0) is 19.0. The van der Waals surface area contributed by atoms with E-state index in [9.17, 15) is 9.59 Å². The zero-order valence-corrected chi connectivity index (χ0v) is 17.0. The van der Waals surface area contributed by atoms with E-state index in [1.54, 1.807) is 41.5 Å². The van der Waals surface area contributed by atoms with E-state index in [1.165, 1.54) is 0 Å². The number of nitrogens with one attached hydrogen (secondary N) is 1. The normalized spacial score (nSPS) is 15.1. The number of esters is 1. The van der Waals surface area contributed by atoms with Gasteiger partial charge < -0.3 is 0 Å². The van der Waals surface area contributed by atoms with Crippen LogP contribution in [-0.4, -0.2) is 50.4 Å². The van der Waals surface area contributed by atoms with Crippen molar-refractivity contribution < 1.29 is 32.6 Å². The molecule has 0 aliphatic carbocycles. The van der Waals surface area contributed by atoms with Gasteiger partial charge in [0.1, 0.15) is 0 Å². The number of methoxy groups -OCH3 is 1. The third kappa shape index (κ3) is 6.33. The Kier molecular flexibility index (Phi) is 8.90. The van der Waals surface area contributed by atoms with Crippen LogP contribution in [0.25, 0.3) is 0 Å². The Morgan fingerprint density at radius 3 is 1.75 bits per heavy atom. The molecule has 0 saturated heterocycles. The predicted molar refractivity (Wildman–Crippen MR) is 92.8 cm³/mol. The van der Waals surface area contributed by atoms with E-state index in [-0.39, 0.29) is 19.8 Å². The van der Waals surface area contributed by atoms with Gasteiger partial charge in [-0.3, -0.25) is 0 Å². The molecular formula is C14H29ClNO7P. The summed E-state index contributed by atoms with van der Waals surface area (Å²) in [6.07, 6.45) is -0.869. The second-order valence-electron chi connectivity index (χ2n) is 5.67. The molecule has 0 spiro atoms.